The number of hydrogen-bond acceptors (Lipinski definition) is 9. The van der Waals surface area contributed by atoms with Crippen molar-refractivity contribution in [2.75, 3.05) is 35.8 Å². The van der Waals surface area contributed by atoms with Crippen LogP contribution in [0.4, 0.5) is 23.1 Å². The van der Waals surface area contributed by atoms with E-state index in [2.05, 4.69) is 68.6 Å². The fraction of sp³-hybridized carbons (Fsp3) is 0.407. The summed E-state index contributed by atoms with van der Waals surface area (Å²) in [7, 11) is 0. The third-order valence-corrected chi connectivity index (χ3v) is 7.45. The summed E-state index contributed by atoms with van der Waals surface area (Å²) in [6, 6.07) is 8.70. The molecule has 1 aromatic carbocycles. The van der Waals surface area contributed by atoms with Crippen LogP contribution in [0.15, 0.2) is 36.7 Å². The van der Waals surface area contributed by atoms with Crippen LogP contribution in [-0.4, -0.2) is 56.3 Å². The molecule has 10 nitrogen and oxygen atoms in total. The number of carbonyl (C=O) groups excluding carboxylic acids is 1. The minimum Gasteiger partial charge on any atom is -0.338 e. The van der Waals surface area contributed by atoms with E-state index in [1.165, 1.54) is 16.7 Å². The number of aryl methyl sites for hydroxylation is 3. The molecule has 0 saturated carbocycles. The van der Waals surface area contributed by atoms with Gasteiger partial charge in [-0.05, 0) is 75.4 Å². The molecule has 3 aromatic rings. The van der Waals surface area contributed by atoms with E-state index in [1.54, 1.807) is 6.20 Å². The summed E-state index contributed by atoms with van der Waals surface area (Å²) in [4.78, 5) is 31.4. The molecule has 3 aliphatic rings. The van der Waals surface area contributed by atoms with E-state index >= 15 is 0 Å². The van der Waals surface area contributed by atoms with Gasteiger partial charge in [0.25, 0.3) is 5.91 Å². The number of rotatable bonds is 4. The smallest absolute Gasteiger partial charge is 0.255 e. The molecule has 0 spiro atoms. The second-order valence-corrected chi connectivity index (χ2v) is 10.3. The van der Waals surface area contributed by atoms with Crippen LogP contribution >= 0.6 is 0 Å². The maximum atomic E-state index is 13.1. The van der Waals surface area contributed by atoms with Crippen molar-refractivity contribution in [2.24, 2.45) is 0 Å². The van der Waals surface area contributed by atoms with E-state index in [1.807, 2.05) is 17.2 Å². The van der Waals surface area contributed by atoms with Gasteiger partial charge in [-0.2, -0.15) is 0 Å². The van der Waals surface area contributed by atoms with Crippen molar-refractivity contribution in [2.45, 2.75) is 52.1 Å². The van der Waals surface area contributed by atoms with Crippen molar-refractivity contribution in [3.05, 3.63) is 64.6 Å². The van der Waals surface area contributed by atoms with Crippen LogP contribution in [0.2, 0.25) is 0 Å². The second-order valence-electron chi connectivity index (χ2n) is 10.3. The highest BCUT2D eigenvalue weighted by Crippen LogP contribution is 2.27. The van der Waals surface area contributed by atoms with Crippen LogP contribution in [-0.2, 0) is 13.0 Å². The Balaban J connectivity index is 1.08. The van der Waals surface area contributed by atoms with Crippen LogP contribution in [0.5, 0.6) is 0 Å². The molecule has 6 rings (SSSR count). The number of carbonyl (C=O) groups is 1. The summed E-state index contributed by atoms with van der Waals surface area (Å²) in [6.07, 6.45) is 7.59. The summed E-state index contributed by atoms with van der Waals surface area (Å²) in [5.41, 5.74) is 15.9. The van der Waals surface area contributed by atoms with E-state index in [-0.39, 0.29) is 5.91 Å². The number of nitrogens with one attached hydrogen (secondary N) is 4. The van der Waals surface area contributed by atoms with Gasteiger partial charge in [0.05, 0.1) is 16.9 Å². The van der Waals surface area contributed by atoms with Gasteiger partial charge in [0.2, 0.25) is 5.95 Å². The maximum Gasteiger partial charge on any atom is 0.255 e. The van der Waals surface area contributed by atoms with Crippen LogP contribution in [0, 0.1) is 13.8 Å². The lowest BCUT2D eigenvalue weighted by molar-refractivity contribution is 0.0609. The molecular weight excluding hydrogens is 466 g/mol. The Hall–Kier alpha value is -3.76. The van der Waals surface area contributed by atoms with E-state index in [9.17, 15) is 4.79 Å². The van der Waals surface area contributed by atoms with Crippen LogP contribution < -0.4 is 21.7 Å². The molecule has 0 bridgehead atoms. The molecule has 1 amide bonds. The minimum absolute atomic E-state index is 0.0425. The molecule has 10 heteroatoms. The second kappa shape index (κ2) is 9.95. The maximum absolute atomic E-state index is 13.1. The first-order valence-electron chi connectivity index (χ1n) is 13.0. The normalized spacial score (nSPS) is 17.8. The third-order valence-electron chi connectivity index (χ3n) is 7.45. The molecule has 37 heavy (non-hydrogen) atoms. The average molecular weight is 500 g/mol. The van der Waals surface area contributed by atoms with Gasteiger partial charge in [-0.1, -0.05) is 6.07 Å². The number of aromatic nitrogens is 3. The van der Waals surface area contributed by atoms with Gasteiger partial charge in [-0.15, -0.1) is 5.53 Å². The fourth-order valence-corrected chi connectivity index (χ4v) is 5.64. The Morgan fingerprint density at radius 3 is 2.62 bits per heavy atom. The van der Waals surface area contributed by atoms with Gasteiger partial charge < -0.3 is 15.6 Å². The molecule has 4 N–H and O–H groups in total. The topological polar surface area (TPSA) is 110 Å². The van der Waals surface area contributed by atoms with Crippen molar-refractivity contribution in [3.63, 3.8) is 0 Å². The van der Waals surface area contributed by atoms with Crippen molar-refractivity contribution in [3.8, 4) is 0 Å². The van der Waals surface area contributed by atoms with Gasteiger partial charge in [-0.25, -0.2) is 15.0 Å². The molecule has 1 fully saturated rings. The predicted molar refractivity (Wildman–Crippen MR) is 144 cm³/mol. The number of piperidine rings is 1. The highest BCUT2D eigenvalue weighted by Gasteiger charge is 2.29. The lowest BCUT2D eigenvalue weighted by Crippen LogP contribution is -2.46. The zero-order chi connectivity index (χ0) is 25.4. The first-order chi connectivity index (χ1) is 18.0. The highest BCUT2D eigenvalue weighted by molar-refractivity contribution is 5.95. The molecule has 3 aliphatic heterocycles. The number of hydrazine groups is 2. The van der Waals surface area contributed by atoms with Crippen molar-refractivity contribution >= 4 is 29.0 Å². The molecule has 1 saturated heterocycles. The molecule has 5 heterocycles. The molecular formula is C27H33N9O. The SMILES string of the molecule is Cc1cc(C)cc(Nc2ncc3c(n2)CCCN(C2CCN(C(=O)c4cnc5c(c4)NNN5)CC2)C3)c1. The largest absolute Gasteiger partial charge is 0.338 e. The fourth-order valence-electron chi connectivity index (χ4n) is 5.64. The first-order valence-corrected chi connectivity index (χ1v) is 13.0. The number of nitrogens with zero attached hydrogens (tertiary/aromatic N) is 5. The Morgan fingerprint density at radius 1 is 1.00 bits per heavy atom. The molecule has 0 atom stereocenters. The molecule has 192 valence electrons. The quantitative estimate of drug-likeness (QED) is 0.428. The summed E-state index contributed by atoms with van der Waals surface area (Å²) in [5, 5.41) is 3.38. The van der Waals surface area contributed by atoms with Crippen molar-refractivity contribution in [1.82, 2.24) is 30.3 Å². The van der Waals surface area contributed by atoms with Gasteiger partial charge in [0.15, 0.2) is 5.82 Å². The summed E-state index contributed by atoms with van der Waals surface area (Å²) in [5.74, 6) is 1.40. The predicted octanol–water partition coefficient (Wildman–Crippen LogP) is 3.54. The number of anilines is 4. The first kappa shape index (κ1) is 23.6. The van der Waals surface area contributed by atoms with Gasteiger partial charge >= 0.3 is 0 Å². The van der Waals surface area contributed by atoms with Crippen molar-refractivity contribution < 1.29 is 4.79 Å². The summed E-state index contributed by atoms with van der Waals surface area (Å²) >= 11 is 0. The van der Waals surface area contributed by atoms with Crippen LogP contribution in [0.3, 0.4) is 0 Å². The Kier molecular flexibility index (Phi) is 6.35. The third kappa shape index (κ3) is 5.07. The van der Waals surface area contributed by atoms with E-state index < -0.39 is 0 Å². The zero-order valence-corrected chi connectivity index (χ0v) is 21.3. The Bertz CT molecular complexity index is 1300. The zero-order valence-electron chi connectivity index (χ0n) is 21.3. The molecule has 0 radical (unpaired) electrons. The molecule has 0 aliphatic carbocycles. The van der Waals surface area contributed by atoms with E-state index in [4.69, 9.17) is 4.98 Å². The van der Waals surface area contributed by atoms with Gasteiger partial charge in [0, 0.05) is 49.3 Å². The standard InChI is InChI=1S/C27H33N9O/c1-17-10-18(2)12-21(11-17)30-27-29-15-20-16-36(7-3-4-23(20)31-27)22-5-8-35(9-6-22)26(37)19-13-24-25(28-14-19)33-34-32-24/h10-15,22,32,34H,3-9,16H2,1-2H3,(H,28,33)(H,29,30,31). The molecule has 2 aromatic heterocycles. The number of benzene rings is 1. The summed E-state index contributed by atoms with van der Waals surface area (Å²) in [6.45, 7) is 7.60. The van der Waals surface area contributed by atoms with Gasteiger partial charge in [0.1, 0.15) is 0 Å². The Labute approximate surface area is 216 Å². The number of amides is 1. The molecule has 0 unspecified atom stereocenters. The monoisotopic (exact) mass is 499 g/mol. The van der Waals surface area contributed by atoms with Crippen molar-refractivity contribution in [1.29, 1.82) is 0 Å². The number of hydrogen-bond donors (Lipinski definition) is 4. The minimum atomic E-state index is 0.0425. The average Bonchev–Trinajstić information content (AvgIpc) is 3.26. The lowest BCUT2D eigenvalue weighted by atomic mass is 10.0. The van der Waals surface area contributed by atoms with E-state index in [0.29, 0.717) is 23.4 Å². The van der Waals surface area contributed by atoms with Gasteiger partial charge in [-0.3, -0.25) is 15.1 Å². The summed E-state index contributed by atoms with van der Waals surface area (Å²) < 4.78 is 0. The Morgan fingerprint density at radius 2 is 1.81 bits per heavy atom. The van der Waals surface area contributed by atoms with E-state index in [0.717, 1.165) is 68.9 Å². The van der Waals surface area contributed by atoms with Crippen LogP contribution in [0.1, 0.15) is 52.0 Å². The highest BCUT2D eigenvalue weighted by atomic mass is 16.2. The van der Waals surface area contributed by atoms with Crippen LogP contribution in [0.25, 0.3) is 0 Å². The lowest BCUT2D eigenvalue weighted by Gasteiger charge is -2.38. The number of likely N-dealkylation sites (tertiary alicyclic amines) is 1. The number of pyridine rings is 1. The number of fused-ring (bicyclic) bond motifs is 2.